The van der Waals surface area contributed by atoms with Crippen molar-refractivity contribution in [2.24, 2.45) is 4.99 Å². The summed E-state index contributed by atoms with van der Waals surface area (Å²) in [4.78, 5) is 10.2. The minimum Gasteiger partial charge on any atom is -0.357 e. The molecule has 3 fully saturated rings. The first-order chi connectivity index (χ1) is 11.8. The lowest BCUT2D eigenvalue weighted by atomic mass is 10.0. The second-order valence-corrected chi connectivity index (χ2v) is 7.68. The Kier molecular flexibility index (Phi) is 9.27. The van der Waals surface area contributed by atoms with Gasteiger partial charge in [0.15, 0.2) is 5.96 Å². The molecule has 25 heavy (non-hydrogen) atoms. The van der Waals surface area contributed by atoms with E-state index in [9.17, 15) is 0 Å². The van der Waals surface area contributed by atoms with Gasteiger partial charge >= 0.3 is 0 Å². The molecule has 0 aromatic carbocycles. The monoisotopic (exact) mass is 463 g/mol. The molecule has 0 spiro atoms. The molecular formula is C19H38IN5. The quantitative estimate of drug-likeness (QED) is 0.361. The Morgan fingerprint density at radius 1 is 1.00 bits per heavy atom. The van der Waals surface area contributed by atoms with Crippen LogP contribution in [0.5, 0.6) is 0 Å². The number of guanidine groups is 1. The minimum atomic E-state index is 0. The number of halogens is 1. The van der Waals surface area contributed by atoms with Crippen LogP contribution in [0.4, 0.5) is 0 Å². The topological polar surface area (TPSA) is 42.9 Å². The number of aliphatic imine (C=N–C) groups is 1. The molecule has 0 aromatic heterocycles. The SMILES string of the molecule is CCNC(=NCC1CCCCN1CC)NC1CCN(C2CC2)CC1.I. The summed E-state index contributed by atoms with van der Waals surface area (Å²) in [5.41, 5.74) is 0. The van der Waals surface area contributed by atoms with Crippen molar-refractivity contribution >= 4 is 29.9 Å². The number of likely N-dealkylation sites (N-methyl/N-ethyl adjacent to an activating group) is 1. The van der Waals surface area contributed by atoms with E-state index in [1.807, 2.05) is 0 Å². The summed E-state index contributed by atoms with van der Waals surface area (Å²) >= 11 is 0. The van der Waals surface area contributed by atoms with Crippen molar-refractivity contribution in [3.05, 3.63) is 0 Å². The highest BCUT2D eigenvalue weighted by atomic mass is 127. The van der Waals surface area contributed by atoms with Crippen LogP contribution in [0, 0.1) is 0 Å². The lowest BCUT2D eigenvalue weighted by molar-refractivity contribution is 0.161. The van der Waals surface area contributed by atoms with Crippen LogP contribution in [0.3, 0.4) is 0 Å². The highest BCUT2D eigenvalue weighted by molar-refractivity contribution is 14.0. The summed E-state index contributed by atoms with van der Waals surface area (Å²) < 4.78 is 0. The van der Waals surface area contributed by atoms with E-state index in [1.54, 1.807) is 0 Å². The predicted octanol–water partition coefficient (Wildman–Crippen LogP) is 2.66. The van der Waals surface area contributed by atoms with E-state index in [2.05, 4.69) is 34.3 Å². The van der Waals surface area contributed by atoms with Crippen LogP contribution in [-0.2, 0) is 0 Å². The summed E-state index contributed by atoms with van der Waals surface area (Å²) in [7, 11) is 0. The number of hydrogen-bond acceptors (Lipinski definition) is 3. The van der Waals surface area contributed by atoms with E-state index in [-0.39, 0.29) is 24.0 Å². The Hall–Kier alpha value is -0.0800. The summed E-state index contributed by atoms with van der Waals surface area (Å²) in [6.07, 6.45) is 9.38. The third-order valence-corrected chi connectivity index (χ3v) is 5.89. The lowest BCUT2D eigenvalue weighted by Crippen LogP contribution is -2.49. The molecule has 1 atom stereocenters. The summed E-state index contributed by atoms with van der Waals surface area (Å²) in [6.45, 7) is 11.2. The van der Waals surface area contributed by atoms with Crippen LogP contribution in [0.2, 0.25) is 0 Å². The predicted molar refractivity (Wildman–Crippen MR) is 117 cm³/mol. The number of nitrogens with one attached hydrogen (secondary N) is 2. The first-order valence-corrected chi connectivity index (χ1v) is 10.3. The van der Waals surface area contributed by atoms with Gasteiger partial charge in [0.05, 0.1) is 6.54 Å². The van der Waals surface area contributed by atoms with Crippen LogP contribution < -0.4 is 10.6 Å². The lowest BCUT2D eigenvalue weighted by Gasteiger charge is -2.35. The van der Waals surface area contributed by atoms with Gasteiger partial charge in [-0.25, -0.2) is 0 Å². The maximum absolute atomic E-state index is 4.94. The Labute approximate surface area is 171 Å². The number of piperidine rings is 2. The number of likely N-dealkylation sites (tertiary alicyclic amines) is 2. The van der Waals surface area contributed by atoms with E-state index >= 15 is 0 Å². The number of hydrogen-bond donors (Lipinski definition) is 2. The zero-order chi connectivity index (χ0) is 16.8. The Bertz CT molecular complexity index is 405. The van der Waals surface area contributed by atoms with Crippen molar-refractivity contribution in [3.8, 4) is 0 Å². The molecule has 146 valence electrons. The van der Waals surface area contributed by atoms with Crippen LogP contribution in [0.1, 0.15) is 58.8 Å². The molecule has 6 heteroatoms. The van der Waals surface area contributed by atoms with Crippen molar-refractivity contribution in [1.29, 1.82) is 0 Å². The number of nitrogens with zero attached hydrogens (tertiary/aromatic N) is 3. The number of rotatable bonds is 6. The van der Waals surface area contributed by atoms with E-state index in [0.29, 0.717) is 12.1 Å². The molecule has 0 bridgehead atoms. The molecular weight excluding hydrogens is 425 g/mol. The van der Waals surface area contributed by atoms with Crippen molar-refractivity contribution in [2.45, 2.75) is 76.9 Å². The fourth-order valence-corrected chi connectivity index (χ4v) is 4.24. The normalized spacial score (nSPS) is 27.0. The summed E-state index contributed by atoms with van der Waals surface area (Å²) in [6, 6.07) is 2.14. The zero-order valence-corrected chi connectivity index (χ0v) is 18.5. The van der Waals surface area contributed by atoms with Gasteiger partial charge < -0.3 is 15.5 Å². The molecule has 0 radical (unpaired) electrons. The Balaban J connectivity index is 0.00000225. The molecule has 0 aromatic rings. The van der Waals surface area contributed by atoms with Crippen LogP contribution in [0.15, 0.2) is 4.99 Å². The fraction of sp³-hybridized carbons (Fsp3) is 0.947. The Morgan fingerprint density at radius 2 is 1.76 bits per heavy atom. The standard InChI is InChI=1S/C19H37N5.HI/c1-3-20-19(21-15-18-7-5-6-12-23(18)4-2)22-16-10-13-24(14-11-16)17-8-9-17;/h16-18H,3-15H2,1-2H3,(H2,20,21,22);1H. The van der Waals surface area contributed by atoms with Crippen molar-refractivity contribution in [1.82, 2.24) is 20.4 Å². The zero-order valence-electron chi connectivity index (χ0n) is 16.2. The van der Waals surface area contributed by atoms with E-state index in [0.717, 1.165) is 31.6 Å². The minimum absolute atomic E-state index is 0. The molecule has 2 heterocycles. The molecule has 3 rings (SSSR count). The summed E-state index contributed by atoms with van der Waals surface area (Å²) in [5, 5.41) is 7.16. The van der Waals surface area contributed by atoms with Crippen molar-refractivity contribution in [2.75, 3.05) is 39.3 Å². The van der Waals surface area contributed by atoms with Crippen LogP contribution in [-0.4, -0.2) is 73.2 Å². The second-order valence-electron chi connectivity index (χ2n) is 7.68. The van der Waals surface area contributed by atoms with Crippen molar-refractivity contribution < 1.29 is 0 Å². The molecule has 1 aliphatic carbocycles. The maximum Gasteiger partial charge on any atom is 0.191 e. The molecule has 1 unspecified atom stereocenters. The highest BCUT2D eigenvalue weighted by Gasteiger charge is 2.32. The molecule has 5 nitrogen and oxygen atoms in total. The van der Waals surface area contributed by atoms with Gasteiger partial charge in [0.2, 0.25) is 0 Å². The van der Waals surface area contributed by atoms with E-state index in [4.69, 9.17) is 4.99 Å². The largest absolute Gasteiger partial charge is 0.357 e. The third-order valence-electron chi connectivity index (χ3n) is 5.89. The second kappa shape index (κ2) is 10.9. The molecule has 3 aliphatic rings. The average Bonchev–Trinajstić information content (AvgIpc) is 3.46. The molecule has 2 aliphatic heterocycles. The molecule has 2 saturated heterocycles. The van der Waals surface area contributed by atoms with Gasteiger partial charge in [-0.3, -0.25) is 9.89 Å². The molecule has 2 N–H and O–H groups in total. The van der Waals surface area contributed by atoms with Gasteiger partial charge in [-0.2, -0.15) is 0 Å². The van der Waals surface area contributed by atoms with E-state index < -0.39 is 0 Å². The van der Waals surface area contributed by atoms with Crippen LogP contribution >= 0.6 is 24.0 Å². The molecule has 0 amide bonds. The fourth-order valence-electron chi connectivity index (χ4n) is 4.24. The van der Waals surface area contributed by atoms with Gasteiger partial charge in [0, 0.05) is 37.8 Å². The average molecular weight is 463 g/mol. The van der Waals surface area contributed by atoms with Gasteiger partial charge in [0.25, 0.3) is 0 Å². The Morgan fingerprint density at radius 3 is 2.40 bits per heavy atom. The van der Waals surface area contributed by atoms with Crippen LogP contribution in [0.25, 0.3) is 0 Å². The first kappa shape index (κ1) is 21.2. The third kappa shape index (κ3) is 6.54. The van der Waals surface area contributed by atoms with E-state index in [1.165, 1.54) is 64.6 Å². The maximum atomic E-state index is 4.94. The van der Waals surface area contributed by atoms with Gasteiger partial charge in [-0.05, 0) is 58.5 Å². The van der Waals surface area contributed by atoms with Gasteiger partial charge in [0.1, 0.15) is 0 Å². The smallest absolute Gasteiger partial charge is 0.191 e. The molecule has 1 saturated carbocycles. The highest BCUT2D eigenvalue weighted by Crippen LogP contribution is 2.29. The van der Waals surface area contributed by atoms with Gasteiger partial charge in [-0.1, -0.05) is 13.3 Å². The summed E-state index contributed by atoms with van der Waals surface area (Å²) in [5.74, 6) is 1.03. The first-order valence-electron chi connectivity index (χ1n) is 10.3. The van der Waals surface area contributed by atoms with Gasteiger partial charge in [-0.15, -0.1) is 24.0 Å². The van der Waals surface area contributed by atoms with Crippen molar-refractivity contribution in [3.63, 3.8) is 0 Å².